The summed E-state index contributed by atoms with van der Waals surface area (Å²) >= 11 is 9.32. The second kappa shape index (κ2) is 4.16. The minimum atomic E-state index is -1.19. The van der Waals surface area contributed by atoms with Gasteiger partial charge in [0.2, 0.25) is 0 Å². The highest BCUT2D eigenvalue weighted by atomic mass is 79.9. The molecular formula is C11H7BrClNO3. The number of H-pyrrole nitrogens is 1. The first-order valence-electron chi connectivity index (χ1n) is 4.66. The van der Waals surface area contributed by atoms with Crippen LogP contribution in [0.2, 0.25) is 5.02 Å². The third kappa shape index (κ3) is 1.96. The number of halogens is 2. The smallest absolute Gasteiger partial charge is 0.352 e. The first-order valence-corrected chi connectivity index (χ1v) is 5.84. The zero-order valence-corrected chi connectivity index (χ0v) is 11.0. The van der Waals surface area contributed by atoms with Gasteiger partial charge in [0.05, 0.1) is 15.9 Å². The molecule has 0 aliphatic rings. The number of aromatic carboxylic acids is 1. The lowest BCUT2D eigenvalue weighted by molar-refractivity contribution is 0.0691. The number of fused-ring (bicyclic) bond motifs is 1. The van der Waals surface area contributed by atoms with Crippen molar-refractivity contribution >= 4 is 44.4 Å². The molecule has 2 N–H and O–H groups in total. The van der Waals surface area contributed by atoms with E-state index in [9.17, 15) is 9.59 Å². The largest absolute Gasteiger partial charge is 0.477 e. The van der Waals surface area contributed by atoms with Crippen LogP contribution in [0.15, 0.2) is 21.4 Å². The Hall–Kier alpha value is -1.33. The summed E-state index contributed by atoms with van der Waals surface area (Å²) in [7, 11) is 0. The number of nitrogens with one attached hydrogen (secondary N) is 1. The highest BCUT2D eigenvalue weighted by Crippen LogP contribution is 2.29. The number of aromatic amines is 1. The minimum absolute atomic E-state index is 0.164. The fourth-order valence-electron chi connectivity index (χ4n) is 1.59. The Bertz CT molecular complexity index is 693. The lowest BCUT2D eigenvalue weighted by atomic mass is 10.1. The molecule has 0 spiro atoms. The fourth-order valence-corrected chi connectivity index (χ4v) is 2.48. The first-order chi connectivity index (χ1) is 7.91. The summed E-state index contributed by atoms with van der Waals surface area (Å²) in [5, 5.41) is 9.49. The van der Waals surface area contributed by atoms with Crippen LogP contribution in [-0.4, -0.2) is 16.1 Å². The van der Waals surface area contributed by atoms with Crippen molar-refractivity contribution in [1.82, 2.24) is 4.98 Å². The molecule has 2 aromatic rings. The summed E-state index contributed by atoms with van der Waals surface area (Å²) in [6.45, 7) is 1.77. The Balaban J connectivity index is 3.01. The first kappa shape index (κ1) is 12.1. The number of rotatable bonds is 1. The van der Waals surface area contributed by atoms with Gasteiger partial charge < -0.3 is 10.1 Å². The maximum atomic E-state index is 11.8. The highest BCUT2D eigenvalue weighted by Gasteiger charge is 2.14. The van der Waals surface area contributed by atoms with Gasteiger partial charge in [-0.1, -0.05) is 11.6 Å². The fraction of sp³-hybridized carbons (Fsp3) is 0.0909. The summed E-state index contributed by atoms with van der Waals surface area (Å²) in [6.07, 6.45) is 0. The van der Waals surface area contributed by atoms with Gasteiger partial charge in [-0.05, 0) is 34.5 Å². The lowest BCUT2D eigenvalue weighted by Gasteiger charge is -2.07. The molecule has 0 fully saturated rings. The van der Waals surface area contributed by atoms with Crippen LogP contribution in [0.1, 0.15) is 16.1 Å². The number of hydrogen-bond acceptors (Lipinski definition) is 2. The molecule has 1 aromatic heterocycles. The third-order valence-electron chi connectivity index (χ3n) is 2.41. The molecule has 0 radical (unpaired) electrons. The van der Waals surface area contributed by atoms with Gasteiger partial charge in [0.25, 0.3) is 0 Å². The van der Waals surface area contributed by atoms with Crippen LogP contribution in [0.3, 0.4) is 0 Å². The van der Waals surface area contributed by atoms with E-state index in [1.54, 1.807) is 13.0 Å². The number of carboxylic acids is 1. The number of pyridine rings is 1. The van der Waals surface area contributed by atoms with E-state index in [4.69, 9.17) is 16.7 Å². The van der Waals surface area contributed by atoms with Crippen LogP contribution in [0.25, 0.3) is 10.9 Å². The number of carboxylic acid groups (broad SMARTS) is 1. The van der Waals surface area contributed by atoms with Gasteiger partial charge in [0.1, 0.15) is 5.69 Å². The van der Waals surface area contributed by atoms with Crippen molar-refractivity contribution < 1.29 is 9.90 Å². The quantitative estimate of drug-likeness (QED) is 0.850. The van der Waals surface area contributed by atoms with Gasteiger partial charge in [-0.15, -0.1) is 0 Å². The average molecular weight is 317 g/mol. The number of carbonyl (C=O) groups is 1. The summed E-state index contributed by atoms with van der Waals surface area (Å²) in [5.41, 5.74) is 0.568. The summed E-state index contributed by atoms with van der Waals surface area (Å²) < 4.78 is 0.606. The predicted octanol–water partition coefficient (Wildman–Crippen LogP) is 2.95. The molecule has 0 amide bonds. The van der Waals surface area contributed by atoms with Gasteiger partial charge in [-0.3, -0.25) is 4.79 Å². The topological polar surface area (TPSA) is 70.2 Å². The summed E-state index contributed by atoms with van der Waals surface area (Å²) in [4.78, 5) is 25.4. The van der Waals surface area contributed by atoms with E-state index in [0.29, 0.717) is 20.4 Å². The molecule has 17 heavy (non-hydrogen) atoms. The lowest BCUT2D eigenvalue weighted by Crippen LogP contribution is -2.10. The van der Waals surface area contributed by atoms with Crippen LogP contribution in [0.5, 0.6) is 0 Å². The molecule has 88 valence electrons. The number of hydrogen-bond donors (Lipinski definition) is 2. The Morgan fingerprint density at radius 1 is 1.47 bits per heavy atom. The van der Waals surface area contributed by atoms with E-state index in [0.717, 1.165) is 11.6 Å². The SMILES string of the molecule is Cc1cc(Br)c2[nH]c(C(=O)O)cc(=O)c2c1Cl. The second-order valence-electron chi connectivity index (χ2n) is 3.59. The number of aromatic nitrogens is 1. The van der Waals surface area contributed by atoms with Crippen molar-refractivity contribution in [2.45, 2.75) is 6.92 Å². The van der Waals surface area contributed by atoms with Crippen LogP contribution in [0.4, 0.5) is 0 Å². The summed E-state index contributed by atoms with van der Waals surface area (Å²) in [5.74, 6) is -1.19. The predicted molar refractivity (Wildman–Crippen MR) is 69.0 cm³/mol. The van der Waals surface area contributed by atoms with Gasteiger partial charge in [0.15, 0.2) is 5.43 Å². The maximum absolute atomic E-state index is 11.8. The normalized spacial score (nSPS) is 10.8. The molecule has 1 heterocycles. The van der Waals surface area contributed by atoms with E-state index in [1.165, 1.54) is 0 Å². The Labute approximate surface area is 109 Å². The molecular weight excluding hydrogens is 309 g/mol. The standard InChI is InChI=1S/C11H7BrClNO3/c1-4-2-5(12)10-8(9(4)13)7(15)3-6(14-10)11(16)17/h2-3H,1H3,(H,14,15)(H,16,17). The van der Waals surface area contributed by atoms with Gasteiger partial charge in [0, 0.05) is 10.5 Å². The van der Waals surface area contributed by atoms with Crippen LogP contribution >= 0.6 is 27.5 Å². The Morgan fingerprint density at radius 3 is 2.71 bits per heavy atom. The van der Waals surface area contributed by atoms with Crippen molar-refractivity contribution in [3.05, 3.63) is 43.1 Å². The van der Waals surface area contributed by atoms with E-state index in [2.05, 4.69) is 20.9 Å². The molecule has 0 bridgehead atoms. The highest BCUT2D eigenvalue weighted by molar-refractivity contribution is 9.10. The maximum Gasteiger partial charge on any atom is 0.352 e. The van der Waals surface area contributed by atoms with Crippen molar-refractivity contribution in [2.24, 2.45) is 0 Å². The molecule has 0 atom stereocenters. The van der Waals surface area contributed by atoms with Crippen molar-refractivity contribution in [3.8, 4) is 0 Å². The van der Waals surface area contributed by atoms with Crippen molar-refractivity contribution in [1.29, 1.82) is 0 Å². The molecule has 0 aliphatic heterocycles. The molecule has 0 aliphatic carbocycles. The average Bonchev–Trinajstić information content (AvgIpc) is 2.25. The van der Waals surface area contributed by atoms with E-state index in [-0.39, 0.29) is 5.69 Å². The molecule has 0 unspecified atom stereocenters. The Kier molecular flexibility index (Phi) is 2.97. The zero-order valence-electron chi connectivity index (χ0n) is 8.67. The van der Waals surface area contributed by atoms with E-state index < -0.39 is 11.4 Å². The third-order valence-corrected chi connectivity index (χ3v) is 3.52. The zero-order chi connectivity index (χ0) is 12.7. The van der Waals surface area contributed by atoms with E-state index in [1.807, 2.05) is 0 Å². The molecule has 4 nitrogen and oxygen atoms in total. The molecule has 0 saturated carbocycles. The van der Waals surface area contributed by atoms with Gasteiger partial charge in [-0.2, -0.15) is 0 Å². The van der Waals surface area contributed by atoms with Crippen molar-refractivity contribution in [2.75, 3.05) is 0 Å². The van der Waals surface area contributed by atoms with Gasteiger partial charge in [-0.25, -0.2) is 4.79 Å². The monoisotopic (exact) mass is 315 g/mol. The Morgan fingerprint density at radius 2 is 2.12 bits per heavy atom. The van der Waals surface area contributed by atoms with E-state index >= 15 is 0 Å². The summed E-state index contributed by atoms with van der Waals surface area (Å²) in [6, 6.07) is 2.76. The van der Waals surface area contributed by atoms with Crippen LogP contribution in [-0.2, 0) is 0 Å². The van der Waals surface area contributed by atoms with Crippen LogP contribution in [0, 0.1) is 6.92 Å². The minimum Gasteiger partial charge on any atom is -0.477 e. The van der Waals surface area contributed by atoms with Crippen LogP contribution < -0.4 is 5.43 Å². The van der Waals surface area contributed by atoms with Gasteiger partial charge >= 0.3 is 5.97 Å². The molecule has 2 rings (SSSR count). The second-order valence-corrected chi connectivity index (χ2v) is 4.82. The number of aryl methyl sites for hydroxylation is 1. The molecule has 1 aromatic carbocycles. The molecule has 0 saturated heterocycles. The number of benzene rings is 1. The van der Waals surface area contributed by atoms with Crippen molar-refractivity contribution in [3.63, 3.8) is 0 Å². The molecule has 6 heteroatoms.